The van der Waals surface area contributed by atoms with Gasteiger partial charge in [0.15, 0.2) is 0 Å². The summed E-state index contributed by atoms with van der Waals surface area (Å²) in [7, 11) is 1.64. The van der Waals surface area contributed by atoms with Gasteiger partial charge in [-0.1, -0.05) is 0 Å². The molecule has 1 aliphatic rings. The maximum atomic E-state index is 11.2. The molecule has 6 heteroatoms. The van der Waals surface area contributed by atoms with Gasteiger partial charge in [0.1, 0.15) is 0 Å². The van der Waals surface area contributed by atoms with Crippen molar-refractivity contribution in [2.24, 2.45) is 0 Å². The molecule has 2 amide bonds. The molecule has 0 spiro atoms. The molecule has 98 valence electrons. The van der Waals surface area contributed by atoms with E-state index < -0.39 is 0 Å². The molecule has 1 rings (SSSR count). The van der Waals surface area contributed by atoms with Gasteiger partial charge in [0.05, 0.1) is 25.7 Å². The van der Waals surface area contributed by atoms with Crippen molar-refractivity contribution in [3.63, 3.8) is 0 Å². The van der Waals surface area contributed by atoms with Crippen LogP contribution in [-0.4, -0.2) is 51.3 Å². The van der Waals surface area contributed by atoms with Crippen LogP contribution in [-0.2, 0) is 19.1 Å². The van der Waals surface area contributed by atoms with E-state index in [0.717, 1.165) is 19.4 Å². The molecule has 0 aromatic carbocycles. The van der Waals surface area contributed by atoms with E-state index in [1.54, 1.807) is 7.11 Å². The smallest absolute Gasteiger partial charge is 0.244 e. The molecule has 0 aromatic rings. The first-order chi connectivity index (χ1) is 8.24. The Labute approximate surface area is 101 Å². The third-order valence-electron chi connectivity index (χ3n) is 2.51. The Morgan fingerprint density at radius 3 is 2.76 bits per heavy atom. The summed E-state index contributed by atoms with van der Waals surface area (Å²) >= 11 is 0. The molecule has 1 fully saturated rings. The van der Waals surface area contributed by atoms with E-state index >= 15 is 0 Å². The van der Waals surface area contributed by atoms with Gasteiger partial charge in [-0.3, -0.25) is 14.9 Å². The van der Waals surface area contributed by atoms with E-state index in [9.17, 15) is 9.59 Å². The summed E-state index contributed by atoms with van der Waals surface area (Å²) in [6.07, 6.45) is 2.10. The molecular weight excluding hydrogens is 224 g/mol. The highest BCUT2D eigenvalue weighted by Gasteiger charge is 2.29. The Kier molecular flexibility index (Phi) is 6.76. The van der Waals surface area contributed by atoms with Gasteiger partial charge in [-0.15, -0.1) is 0 Å². The number of imide groups is 1. The third-order valence-corrected chi connectivity index (χ3v) is 2.51. The molecule has 1 aliphatic heterocycles. The number of hydrogen-bond donors (Lipinski definition) is 2. The van der Waals surface area contributed by atoms with E-state index in [4.69, 9.17) is 9.47 Å². The van der Waals surface area contributed by atoms with Crippen molar-refractivity contribution in [2.75, 3.05) is 33.5 Å². The van der Waals surface area contributed by atoms with Crippen molar-refractivity contribution in [3.05, 3.63) is 0 Å². The van der Waals surface area contributed by atoms with Crippen LogP contribution < -0.4 is 10.6 Å². The number of ether oxygens (including phenoxy) is 2. The molecule has 0 saturated carbocycles. The first kappa shape index (κ1) is 14.1. The van der Waals surface area contributed by atoms with E-state index in [1.807, 2.05) is 0 Å². The van der Waals surface area contributed by atoms with Gasteiger partial charge >= 0.3 is 0 Å². The molecule has 0 bridgehead atoms. The zero-order valence-corrected chi connectivity index (χ0v) is 10.2. The molecule has 0 radical (unpaired) electrons. The number of methoxy groups -OCH3 is 1. The van der Waals surface area contributed by atoms with Crippen LogP contribution in [0.4, 0.5) is 0 Å². The first-order valence-corrected chi connectivity index (χ1v) is 5.88. The number of carbonyl (C=O) groups excluding carboxylic acids is 2. The molecule has 1 heterocycles. The maximum Gasteiger partial charge on any atom is 0.244 e. The lowest BCUT2D eigenvalue weighted by atomic mass is 10.2. The molecular formula is C11H20N2O4. The normalized spacial score (nSPS) is 19.7. The molecule has 1 atom stereocenters. The highest BCUT2D eigenvalue weighted by molar-refractivity contribution is 6.05. The fraction of sp³-hybridized carbons (Fsp3) is 0.818. The number of unbranched alkanes of at least 4 members (excludes halogenated alkanes) is 1. The topological polar surface area (TPSA) is 76.7 Å². The van der Waals surface area contributed by atoms with Crippen LogP contribution in [0.5, 0.6) is 0 Å². The molecule has 1 saturated heterocycles. The van der Waals surface area contributed by atoms with Crippen LogP contribution in [0.3, 0.4) is 0 Å². The standard InChI is InChI=1S/C11H20N2O4/c1-16-6-7-17-5-3-2-4-12-9-8-10(14)13-11(9)15/h9,12H,2-8H2,1H3,(H,13,14,15). The minimum atomic E-state index is -0.350. The predicted octanol–water partition coefficient (Wildman–Crippen LogP) is -0.566. The Bertz CT molecular complexity index is 258. The van der Waals surface area contributed by atoms with Crippen LogP contribution in [0.25, 0.3) is 0 Å². The van der Waals surface area contributed by atoms with Crippen LogP contribution >= 0.6 is 0 Å². The van der Waals surface area contributed by atoms with E-state index in [0.29, 0.717) is 19.8 Å². The van der Waals surface area contributed by atoms with Gasteiger partial charge in [0.25, 0.3) is 0 Å². The monoisotopic (exact) mass is 244 g/mol. The van der Waals surface area contributed by atoms with Gasteiger partial charge in [-0.05, 0) is 19.4 Å². The highest BCUT2D eigenvalue weighted by atomic mass is 16.5. The van der Waals surface area contributed by atoms with Gasteiger partial charge < -0.3 is 14.8 Å². The lowest BCUT2D eigenvalue weighted by molar-refractivity contribution is -0.125. The van der Waals surface area contributed by atoms with E-state index in [2.05, 4.69) is 10.6 Å². The van der Waals surface area contributed by atoms with Crippen molar-refractivity contribution in [1.29, 1.82) is 0 Å². The summed E-state index contributed by atoms with van der Waals surface area (Å²) in [5.74, 6) is -0.415. The Hall–Kier alpha value is -0.980. The number of rotatable bonds is 9. The van der Waals surface area contributed by atoms with Crippen molar-refractivity contribution >= 4 is 11.8 Å². The second-order valence-corrected chi connectivity index (χ2v) is 3.94. The second kappa shape index (κ2) is 8.16. The van der Waals surface area contributed by atoms with Crippen molar-refractivity contribution in [1.82, 2.24) is 10.6 Å². The molecule has 6 nitrogen and oxygen atoms in total. The highest BCUT2D eigenvalue weighted by Crippen LogP contribution is 2.01. The van der Waals surface area contributed by atoms with E-state index in [1.165, 1.54) is 0 Å². The average Bonchev–Trinajstić information content (AvgIpc) is 2.61. The average molecular weight is 244 g/mol. The molecule has 17 heavy (non-hydrogen) atoms. The van der Waals surface area contributed by atoms with Crippen LogP contribution in [0.2, 0.25) is 0 Å². The lowest BCUT2D eigenvalue weighted by Gasteiger charge is -2.08. The molecule has 1 unspecified atom stereocenters. The van der Waals surface area contributed by atoms with Gasteiger partial charge in [-0.2, -0.15) is 0 Å². The Balaban J connectivity index is 1.91. The third kappa shape index (κ3) is 5.76. The number of carbonyl (C=O) groups is 2. The van der Waals surface area contributed by atoms with Gasteiger partial charge in [-0.25, -0.2) is 0 Å². The zero-order valence-electron chi connectivity index (χ0n) is 10.2. The Morgan fingerprint density at radius 1 is 1.29 bits per heavy atom. The van der Waals surface area contributed by atoms with E-state index in [-0.39, 0.29) is 24.3 Å². The lowest BCUT2D eigenvalue weighted by Crippen LogP contribution is -2.36. The summed E-state index contributed by atoms with van der Waals surface area (Å²) in [5.41, 5.74) is 0. The van der Waals surface area contributed by atoms with Crippen molar-refractivity contribution in [3.8, 4) is 0 Å². The molecule has 0 aromatic heterocycles. The van der Waals surface area contributed by atoms with Gasteiger partial charge in [0.2, 0.25) is 11.8 Å². The first-order valence-electron chi connectivity index (χ1n) is 5.88. The maximum absolute atomic E-state index is 11.2. The SMILES string of the molecule is COCCOCCCCNC1CC(=O)NC1=O. The van der Waals surface area contributed by atoms with Gasteiger partial charge in [0, 0.05) is 13.7 Å². The summed E-state index contributed by atoms with van der Waals surface area (Å²) < 4.78 is 10.1. The van der Waals surface area contributed by atoms with Crippen LogP contribution in [0, 0.1) is 0 Å². The van der Waals surface area contributed by atoms with Crippen molar-refractivity contribution < 1.29 is 19.1 Å². The fourth-order valence-corrected chi connectivity index (χ4v) is 1.57. The van der Waals surface area contributed by atoms with Crippen LogP contribution in [0.15, 0.2) is 0 Å². The molecule has 0 aliphatic carbocycles. The van der Waals surface area contributed by atoms with Crippen molar-refractivity contribution in [2.45, 2.75) is 25.3 Å². The summed E-state index contributed by atoms with van der Waals surface area (Å²) in [6.45, 7) is 2.64. The fourth-order valence-electron chi connectivity index (χ4n) is 1.57. The second-order valence-electron chi connectivity index (χ2n) is 3.94. The Morgan fingerprint density at radius 2 is 2.12 bits per heavy atom. The minimum absolute atomic E-state index is 0.199. The predicted molar refractivity (Wildman–Crippen MR) is 61.5 cm³/mol. The van der Waals surface area contributed by atoms with Crippen LogP contribution in [0.1, 0.15) is 19.3 Å². The molecule has 2 N–H and O–H groups in total. The summed E-state index contributed by atoms with van der Waals surface area (Å²) in [5, 5.41) is 5.31. The number of hydrogen-bond acceptors (Lipinski definition) is 5. The zero-order chi connectivity index (χ0) is 12.5. The largest absolute Gasteiger partial charge is 0.382 e. The summed E-state index contributed by atoms with van der Waals surface area (Å²) in [6, 6.07) is -0.350. The summed E-state index contributed by atoms with van der Waals surface area (Å²) in [4.78, 5) is 22.1. The number of amides is 2. The quantitative estimate of drug-likeness (QED) is 0.420. The number of nitrogens with one attached hydrogen (secondary N) is 2. The minimum Gasteiger partial charge on any atom is -0.382 e.